The van der Waals surface area contributed by atoms with E-state index in [2.05, 4.69) is 22.2 Å². The predicted molar refractivity (Wildman–Crippen MR) is 147 cm³/mol. The van der Waals surface area contributed by atoms with Crippen LogP contribution in [0.25, 0.3) is 22.3 Å². The number of hydrogen-bond acceptors (Lipinski definition) is 9. The molecule has 1 unspecified atom stereocenters. The highest BCUT2D eigenvalue weighted by atomic mass is 35.5. The molecule has 198 valence electrons. The van der Waals surface area contributed by atoms with E-state index in [1.54, 1.807) is 25.4 Å². The van der Waals surface area contributed by atoms with Crippen LogP contribution in [0.4, 0.5) is 11.6 Å². The lowest BCUT2D eigenvalue weighted by molar-refractivity contribution is 0.195. The van der Waals surface area contributed by atoms with Gasteiger partial charge in [-0.15, -0.1) is 0 Å². The van der Waals surface area contributed by atoms with Gasteiger partial charge in [-0.25, -0.2) is 15.0 Å². The molecule has 1 aliphatic heterocycles. The van der Waals surface area contributed by atoms with Crippen LogP contribution in [0.2, 0.25) is 10.0 Å². The number of nitrogen functional groups attached to an aromatic ring is 1. The van der Waals surface area contributed by atoms with E-state index in [4.69, 9.17) is 52.9 Å². The molecule has 3 heterocycles. The minimum absolute atomic E-state index is 0.126. The summed E-state index contributed by atoms with van der Waals surface area (Å²) in [7, 11) is 4.74. The Kier molecular flexibility index (Phi) is 12.2. The van der Waals surface area contributed by atoms with Gasteiger partial charge in [-0.2, -0.15) is 0 Å². The zero-order valence-electron chi connectivity index (χ0n) is 21.7. The summed E-state index contributed by atoms with van der Waals surface area (Å²) in [6, 6.07) is 3.47. The Balaban J connectivity index is 0.000000583. The van der Waals surface area contributed by atoms with E-state index >= 15 is 0 Å². The summed E-state index contributed by atoms with van der Waals surface area (Å²) in [5.74, 6) is 2.10. The number of nitrogens with zero attached hydrogens (tertiary/aromatic N) is 3. The molecule has 3 aromatic rings. The first-order chi connectivity index (χ1) is 17.4. The summed E-state index contributed by atoms with van der Waals surface area (Å²) >= 11 is 13.1. The Morgan fingerprint density at radius 2 is 1.75 bits per heavy atom. The molecule has 3 N–H and O–H groups in total. The van der Waals surface area contributed by atoms with E-state index in [1.165, 1.54) is 14.2 Å². The molecule has 1 aliphatic rings. The molecule has 0 bridgehead atoms. The molecule has 1 aromatic carbocycles. The standard InChI is InChI=1S/C19H19Cl2N5O3.C4H10O.C2H6/c1-27-12-6-13(28-2)17(21)15(16(12)20)19-25-11-7-23-14(22)5-10(11)18(26-19)24-9-3-4-29-8-9;1-3-4-5-2;1-2/h5-7,9H,3-4,8H2,1-2H3,(H2,22,23)(H,24,25,26);3-4H2,1-2H3;1-2H3. The van der Waals surface area contributed by atoms with Gasteiger partial charge >= 0.3 is 0 Å². The van der Waals surface area contributed by atoms with Crippen molar-refractivity contribution in [1.82, 2.24) is 15.0 Å². The highest BCUT2D eigenvalue weighted by Crippen LogP contribution is 2.45. The third-order valence-electron chi connectivity index (χ3n) is 5.08. The minimum atomic E-state index is 0.126. The van der Waals surface area contributed by atoms with Crippen LogP contribution in [0.1, 0.15) is 33.6 Å². The average Bonchev–Trinajstić information content (AvgIpc) is 3.40. The van der Waals surface area contributed by atoms with Crippen LogP contribution < -0.4 is 20.5 Å². The molecule has 9 nitrogen and oxygen atoms in total. The van der Waals surface area contributed by atoms with E-state index in [0.29, 0.717) is 53.3 Å². The molecule has 4 rings (SSSR count). The third-order valence-corrected chi connectivity index (χ3v) is 5.83. The zero-order chi connectivity index (χ0) is 26.7. The van der Waals surface area contributed by atoms with Crippen LogP contribution in [-0.4, -0.2) is 62.1 Å². The first-order valence-electron chi connectivity index (χ1n) is 11.8. The highest BCUT2D eigenvalue weighted by Gasteiger charge is 2.23. The van der Waals surface area contributed by atoms with Crippen LogP contribution >= 0.6 is 23.2 Å². The number of nitrogens with one attached hydrogen (secondary N) is 1. The van der Waals surface area contributed by atoms with Gasteiger partial charge in [0.05, 0.1) is 54.2 Å². The number of halogens is 2. The van der Waals surface area contributed by atoms with Crippen molar-refractivity contribution in [2.45, 2.75) is 39.7 Å². The average molecular weight is 540 g/mol. The Labute approximate surface area is 222 Å². The highest BCUT2D eigenvalue weighted by molar-refractivity contribution is 6.41. The van der Waals surface area contributed by atoms with Gasteiger partial charge < -0.3 is 30.0 Å². The van der Waals surface area contributed by atoms with Crippen molar-refractivity contribution in [3.05, 3.63) is 28.4 Å². The van der Waals surface area contributed by atoms with Gasteiger partial charge in [0, 0.05) is 31.8 Å². The number of methoxy groups -OCH3 is 3. The largest absolute Gasteiger partial charge is 0.495 e. The predicted octanol–water partition coefficient (Wildman–Crippen LogP) is 5.87. The topological polar surface area (TPSA) is 114 Å². The number of benzene rings is 1. The fourth-order valence-electron chi connectivity index (χ4n) is 3.40. The Morgan fingerprint density at radius 1 is 1.08 bits per heavy atom. The number of fused-ring (bicyclic) bond motifs is 1. The quantitative estimate of drug-likeness (QED) is 0.380. The Bertz CT molecular complexity index is 1100. The molecule has 1 atom stereocenters. The summed E-state index contributed by atoms with van der Waals surface area (Å²) < 4.78 is 20.9. The fourth-order valence-corrected chi connectivity index (χ4v) is 4.07. The summed E-state index contributed by atoms with van der Waals surface area (Å²) in [5.41, 5.74) is 6.89. The molecule has 36 heavy (non-hydrogen) atoms. The smallest absolute Gasteiger partial charge is 0.165 e. The van der Waals surface area contributed by atoms with Gasteiger partial charge in [0.1, 0.15) is 23.1 Å². The molecule has 0 aliphatic carbocycles. The third kappa shape index (κ3) is 7.22. The monoisotopic (exact) mass is 539 g/mol. The summed E-state index contributed by atoms with van der Waals surface area (Å²) in [5, 5.41) is 4.73. The number of ether oxygens (including phenoxy) is 4. The molecule has 0 spiro atoms. The van der Waals surface area contributed by atoms with Crippen molar-refractivity contribution in [2.24, 2.45) is 0 Å². The number of rotatable bonds is 7. The first-order valence-corrected chi connectivity index (χ1v) is 12.6. The molecule has 2 aromatic heterocycles. The second-order valence-electron chi connectivity index (χ2n) is 7.50. The molecule has 1 fully saturated rings. The van der Waals surface area contributed by atoms with Gasteiger partial charge in [0.2, 0.25) is 0 Å². The minimum Gasteiger partial charge on any atom is -0.495 e. The van der Waals surface area contributed by atoms with Crippen molar-refractivity contribution in [3.8, 4) is 22.9 Å². The maximum atomic E-state index is 6.56. The summed E-state index contributed by atoms with van der Waals surface area (Å²) in [6.45, 7) is 8.27. The van der Waals surface area contributed by atoms with Gasteiger partial charge in [0.15, 0.2) is 5.82 Å². The van der Waals surface area contributed by atoms with Crippen LogP contribution in [0.15, 0.2) is 18.3 Å². The van der Waals surface area contributed by atoms with Crippen LogP contribution in [0.3, 0.4) is 0 Å². The second kappa shape index (κ2) is 14.8. The molecule has 11 heteroatoms. The lowest BCUT2D eigenvalue weighted by atomic mass is 10.1. The zero-order valence-corrected chi connectivity index (χ0v) is 23.2. The van der Waals surface area contributed by atoms with Crippen LogP contribution in [0, 0.1) is 0 Å². The Hall–Kier alpha value is -2.59. The van der Waals surface area contributed by atoms with Crippen molar-refractivity contribution in [3.63, 3.8) is 0 Å². The second-order valence-corrected chi connectivity index (χ2v) is 8.26. The van der Waals surface area contributed by atoms with Crippen LogP contribution in [-0.2, 0) is 9.47 Å². The molecule has 1 saturated heterocycles. The summed E-state index contributed by atoms with van der Waals surface area (Å²) in [4.78, 5) is 13.5. The molecule has 0 amide bonds. The van der Waals surface area contributed by atoms with Crippen molar-refractivity contribution < 1.29 is 18.9 Å². The van der Waals surface area contributed by atoms with Crippen LogP contribution in [0.5, 0.6) is 11.5 Å². The van der Waals surface area contributed by atoms with Gasteiger partial charge in [-0.1, -0.05) is 44.0 Å². The molecule has 0 saturated carbocycles. The van der Waals surface area contributed by atoms with E-state index in [9.17, 15) is 0 Å². The lowest BCUT2D eigenvalue weighted by Gasteiger charge is -2.17. The fraction of sp³-hybridized carbons (Fsp3) is 0.480. The van der Waals surface area contributed by atoms with E-state index in [1.807, 2.05) is 13.8 Å². The maximum Gasteiger partial charge on any atom is 0.165 e. The first kappa shape index (κ1) is 29.6. The van der Waals surface area contributed by atoms with Crippen molar-refractivity contribution >= 4 is 45.7 Å². The number of nitrogens with two attached hydrogens (primary N) is 1. The van der Waals surface area contributed by atoms with Gasteiger partial charge in [-0.3, -0.25) is 0 Å². The van der Waals surface area contributed by atoms with E-state index in [0.717, 1.165) is 24.8 Å². The number of hydrogen-bond donors (Lipinski definition) is 2. The molecular formula is C25H35Cl2N5O4. The number of aromatic nitrogens is 3. The normalized spacial score (nSPS) is 14.4. The SMILES string of the molecule is CC.CCCOC.COc1cc(OC)c(Cl)c(-c2nc(NC3CCOC3)c3cc(N)ncc3n2)c1Cl. The Morgan fingerprint density at radius 3 is 2.25 bits per heavy atom. The van der Waals surface area contributed by atoms with Crippen molar-refractivity contribution in [1.29, 1.82) is 0 Å². The summed E-state index contributed by atoms with van der Waals surface area (Å²) in [6.07, 6.45) is 3.58. The van der Waals surface area contributed by atoms with E-state index < -0.39 is 0 Å². The van der Waals surface area contributed by atoms with Gasteiger partial charge in [0.25, 0.3) is 0 Å². The maximum absolute atomic E-state index is 6.56. The number of pyridine rings is 1. The lowest BCUT2D eigenvalue weighted by Crippen LogP contribution is -2.20. The van der Waals surface area contributed by atoms with Gasteiger partial charge in [-0.05, 0) is 18.9 Å². The van der Waals surface area contributed by atoms with Crippen molar-refractivity contribution in [2.75, 3.05) is 52.2 Å². The molecule has 0 radical (unpaired) electrons. The molecular weight excluding hydrogens is 505 g/mol. The number of anilines is 2. The van der Waals surface area contributed by atoms with E-state index in [-0.39, 0.29) is 16.1 Å².